The largest absolute Gasteiger partial charge is 0.352 e. The highest BCUT2D eigenvalue weighted by atomic mass is 16.6. The van der Waals surface area contributed by atoms with E-state index >= 15 is 0 Å². The summed E-state index contributed by atoms with van der Waals surface area (Å²) in [6.07, 6.45) is 1.63. The third-order valence-electron chi connectivity index (χ3n) is 3.17. The molecule has 3 N–H and O–H groups in total. The van der Waals surface area contributed by atoms with E-state index in [9.17, 15) is 14.9 Å². The van der Waals surface area contributed by atoms with Crippen LogP contribution in [0.15, 0.2) is 24.3 Å². The number of aryl methyl sites for hydroxylation is 1. The van der Waals surface area contributed by atoms with Crippen molar-refractivity contribution in [3.05, 3.63) is 39.9 Å². The summed E-state index contributed by atoms with van der Waals surface area (Å²) in [6.45, 7) is 4.58. The van der Waals surface area contributed by atoms with Crippen LogP contribution in [0.5, 0.6) is 0 Å². The summed E-state index contributed by atoms with van der Waals surface area (Å²) < 4.78 is 0. The van der Waals surface area contributed by atoms with E-state index in [1.807, 2.05) is 0 Å². The molecule has 0 saturated heterocycles. The standard InChI is InChI=1S/C15H23N3O3/c1-11(2)8-13(10-16)17-15(19)7-6-12-4-3-5-14(9-12)18(20)21/h3-5,9,11,13H,6-8,10,16H2,1-2H3,(H,17,19). The fourth-order valence-electron chi connectivity index (χ4n) is 2.17. The number of amides is 1. The Morgan fingerprint density at radius 1 is 1.43 bits per heavy atom. The average Bonchev–Trinajstić information content (AvgIpc) is 2.44. The van der Waals surface area contributed by atoms with Gasteiger partial charge in [0.2, 0.25) is 5.91 Å². The molecule has 6 nitrogen and oxygen atoms in total. The van der Waals surface area contributed by atoms with E-state index < -0.39 is 4.92 Å². The number of non-ortho nitro benzene ring substituents is 1. The Kier molecular flexibility index (Phi) is 6.81. The molecule has 1 atom stereocenters. The first kappa shape index (κ1) is 17.1. The fraction of sp³-hybridized carbons (Fsp3) is 0.533. The molecule has 0 aliphatic carbocycles. The van der Waals surface area contributed by atoms with Crippen molar-refractivity contribution in [2.24, 2.45) is 11.7 Å². The van der Waals surface area contributed by atoms with Gasteiger partial charge in [-0.25, -0.2) is 0 Å². The van der Waals surface area contributed by atoms with Crippen LogP contribution in [0.1, 0.15) is 32.3 Å². The average molecular weight is 293 g/mol. The number of nitro benzene ring substituents is 1. The molecule has 0 aromatic heterocycles. The minimum Gasteiger partial charge on any atom is -0.352 e. The summed E-state index contributed by atoms with van der Waals surface area (Å²) in [6, 6.07) is 6.35. The molecule has 116 valence electrons. The first-order valence-electron chi connectivity index (χ1n) is 7.15. The van der Waals surface area contributed by atoms with Gasteiger partial charge < -0.3 is 11.1 Å². The SMILES string of the molecule is CC(C)CC(CN)NC(=O)CCc1cccc([N+](=O)[O-])c1. The molecule has 0 heterocycles. The quantitative estimate of drug-likeness (QED) is 0.566. The van der Waals surface area contributed by atoms with E-state index in [1.165, 1.54) is 12.1 Å². The summed E-state index contributed by atoms with van der Waals surface area (Å²) in [4.78, 5) is 22.1. The second-order valence-corrected chi connectivity index (χ2v) is 5.56. The van der Waals surface area contributed by atoms with Gasteiger partial charge in [-0.2, -0.15) is 0 Å². The van der Waals surface area contributed by atoms with E-state index in [2.05, 4.69) is 19.2 Å². The Balaban J connectivity index is 2.49. The number of hydrogen-bond acceptors (Lipinski definition) is 4. The normalized spacial score (nSPS) is 12.2. The molecule has 1 unspecified atom stereocenters. The van der Waals surface area contributed by atoms with Gasteiger partial charge in [0.15, 0.2) is 0 Å². The lowest BCUT2D eigenvalue weighted by Crippen LogP contribution is -2.41. The number of benzene rings is 1. The lowest BCUT2D eigenvalue weighted by Gasteiger charge is -2.18. The number of nitrogens with two attached hydrogens (primary N) is 1. The smallest absolute Gasteiger partial charge is 0.269 e. The number of rotatable bonds is 8. The fourth-order valence-corrected chi connectivity index (χ4v) is 2.17. The Morgan fingerprint density at radius 3 is 2.71 bits per heavy atom. The predicted molar refractivity (Wildman–Crippen MR) is 81.9 cm³/mol. The molecule has 0 aliphatic rings. The number of carbonyl (C=O) groups excluding carboxylic acids is 1. The maximum atomic E-state index is 11.9. The lowest BCUT2D eigenvalue weighted by molar-refractivity contribution is -0.384. The Hall–Kier alpha value is -1.95. The van der Waals surface area contributed by atoms with Gasteiger partial charge in [-0.1, -0.05) is 26.0 Å². The van der Waals surface area contributed by atoms with E-state index in [1.54, 1.807) is 12.1 Å². The van der Waals surface area contributed by atoms with Gasteiger partial charge in [0, 0.05) is 31.1 Å². The molecule has 0 bridgehead atoms. The minimum atomic E-state index is -0.434. The zero-order chi connectivity index (χ0) is 15.8. The van der Waals surface area contributed by atoms with Crippen LogP contribution in [0.3, 0.4) is 0 Å². The zero-order valence-corrected chi connectivity index (χ0v) is 12.5. The number of nitrogens with one attached hydrogen (secondary N) is 1. The van der Waals surface area contributed by atoms with Gasteiger partial charge in [0.25, 0.3) is 5.69 Å². The summed E-state index contributed by atoms with van der Waals surface area (Å²) >= 11 is 0. The van der Waals surface area contributed by atoms with Gasteiger partial charge in [-0.3, -0.25) is 14.9 Å². The van der Waals surface area contributed by atoms with E-state index in [0.717, 1.165) is 12.0 Å². The molecule has 1 aromatic rings. The molecule has 0 spiro atoms. The number of nitrogens with zero attached hydrogens (tertiary/aromatic N) is 1. The molecule has 1 amide bonds. The molecule has 1 rings (SSSR count). The molecule has 6 heteroatoms. The number of nitro groups is 1. The third kappa shape index (κ3) is 6.35. The van der Waals surface area contributed by atoms with Crippen molar-refractivity contribution in [3.8, 4) is 0 Å². The van der Waals surface area contributed by atoms with Crippen LogP contribution in [0.4, 0.5) is 5.69 Å². The highest BCUT2D eigenvalue weighted by Crippen LogP contribution is 2.14. The monoisotopic (exact) mass is 293 g/mol. The molecular weight excluding hydrogens is 270 g/mol. The molecule has 21 heavy (non-hydrogen) atoms. The number of carbonyl (C=O) groups is 1. The highest BCUT2D eigenvalue weighted by Gasteiger charge is 2.13. The Morgan fingerprint density at radius 2 is 2.14 bits per heavy atom. The predicted octanol–water partition coefficient (Wildman–Crippen LogP) is 2.02. The van der Waals surface area contributed by atoms with Crippen LogP contribution in [0, 0.1) is 16.0 Å². The van der Waals surface area contributed by atoms with E-state index in [0.29, 0.717) is 25.3 Å². The zero-order valence-electron chi connectivity index (χ0n) is 12.5. The van der Waals surface area contributed by atoms with Crippen molar-refractivity contribution in [1.29, 1.82) is 0 Å². The second-order valence-electron chi connectivity index (χ2n) is 5.56. The summed E-state index contributed by atoms with van der Waals surface area (Å²) in [5.41, 5.74) is 6.47. The van der Waals surface area contributed by atoms with Crippen LogP contribution in [-0.2, 0) is 11.2 Å². The van der Waals surface area contributed by atoms with Crippen LogP contribution < -0.4 is 11.1 Å². The van der Waals surface area contributed by atoms with Crippen molar-refractivity contribution >= 4 is 11.6 Å². The maximum Gasteiger partial charge on any atom is 0.269 e. The van der Waals surface area contributed by atoms with Crippen molar-refractivity contribution in [2.45, 2.75) is 39.2 Å². The first-order chi connectivity index (χ1) is 9.92. The molecule has 0 radical (unpaired) electrons. The van der Waals surface area contributed by atoms with Crippen molar-refractivity contribution in [1.82, 2.24) is 5.32 Å². The van der Waals surface area contributed by atoms with E-state index in [-0.39, 0.29) is 17.6 Å². The molecule has 1 aromatic carbocycles. The summed E-state index contributed by atoms with van der Waals surface area (Å²) in [5, 5.41) is 13.6. The van der Waals surface area contributed by atoms with Gasteiger partial charge in [0.1, 0.15) is 0 Å². The van der Waals surface area contributed by atoms with E-state index in [4.69, 9.17) is 5.73 Å². The topological polar surface area (TPSA) is 98.3 Å². The molecule has 0 aliphatic heterocycles. The first-order valence-corrected chi connectivity index (χ1v) is 7.15. The summed E-state index contributed by atoms with van der Waals surface area (Å²) in [5.74, 6) is 0.397. The van der Waals surface area contributed by atoms with Crippen molar-refractivity contribution < 1.29 is 9.72 Å². The van der Waals surface area contributed by atoms with Crippen molar-refractivity contribution in [2.75, 3.05) is 6.54 Å². The van der Waals surface area contributed by atoms with Gasteiger partial charge in [-0.15, -0.1) is 0 Å². The molecule has 0 fully saturated rings. The third-order valence-corrected chi connectivity index (χ3v) is 3.17. The van der Waals surface area contributed by atoms with Crippen LogP contribution >= 0.6 is 0 Å². The second kappa shape index (κ2) is 8.36. The van der Waals surface area contributed by atoms with Gasteiger partial charge >= 0.3 is 0 Å². The Labute approximate surface area is 124 Å². The molecule has 0 saturated carbocycles. The van der Waals surface area contributed by atoms with Crippen LogP contribution in [-0.4, -0.2) is 23.4 Å². The lowest BCUT2D eigenvalue weighted by atomic mass is 10.0. The Bertz CT molecular complexity index is 489. The maximum absolute atomic E-state index is 11.9. The highest BCUT2D eigenvalue weighted by molar-refractivity contribution is 5.76. The number of hydrogen-bond donors (Lipinski definition) is 2. The minimum absolute atomic E-state index is 0.0115. The van der Waals surface area contributed by atoms with Crippen LogP contribution in [0.25, 0.3) is 0 Å². The van der Waals surface area contributed by atoms with Crippen LogP contribution in [0.2, 0.25) is 0 Å². The van der Waals surface area contributed by atoms with Gasteiger partial charge in [-0.05, 0) is 24.3 Å². The van der Waals surface area contributed by atoms with Gasteiger partial charge in [0.05, 0.1) is 4.92 Å². The van der Waals surface area contributed by atoms with Crippen molar-refractivity contribution in [3.63, 3.8) is 0 Å². The summed E-state index contributed by atoms with van der Waals surface area (Å²) in [7, 11) is 0. The molecular formula is C15H23N3O3.